The van der Waals surface area contributed by atoms with Gasteiger partial charge in [-0.3, -0.25) is 4.90 Å². The average Bonchev–Trinajstić information content (AvgIpc) is 3.00. The molecule has 7 nitrogen and oxygen atoms in total. The number of hydrogen-bond acceptors (Lipinski definition) is 4. The first-order valence-corrected chi connectivity index (χ1v) is 9.06. The molecule has 0 atom stereocenters. The summed E-state index contributed by atoms with van der Waals surface area (Å²) in [5.74, 6) is 0. The molecule has 0 fully saturated rings. The Balaban J connectivity index is 2.04. The molecule has 3 rings (SSSR count). The fourth-order valence-electron chi connectivity index (χ4n) is 2.49. The maximum absolute atomic E-state index is 12.9. The van der Waals surface area contributed by atoms with Crippen LogP contribution in [0.3, 0.4) is 0 Å². The molecule has 0 spiro atoms. The fraction of sp³-hybridized carbons (Fsp3) is 0.176. The number of hydrogen-bond donors (Lipinski definition) is 0. The van der Waals surface area contributed by atoms with Gasteiger partial charge in [-0.1, -0.05) is 46.9 Å². The van der Waals surface area contributed by atoms with Gasteiger partial charge >= 0.3 is 11.7 Å². The second-order valence-electron chi connectivity index (χ2n) is 5.62. The van der Waals surface area contributed by atoms with Crippen molar-refractivity contribution in [2.45, 2.75) is 13.8 Å². The molecule has 0 radical (unpaired) electrons. The number of carbonyl (C=O) groups is 1. The van der Waals surface area contributed by atoms with Crippen molar-refractivity contribution in [1.29, 1.82) is 0 Å². The monoisotopic (exact) mass is 425 g/mol. The van der Waals surface area contributed by atoms with Crippen molar-refractivity contribution in [1.82, 2.24) is 19.8 Å². The molecule has 1 amide bonds. The third-order valence-electron chi connectivity index (χ3n) is 3.93. The Morgan fingerprint density at radius 2 is 1.74 bits per heavy atom. The van der Waals surface area contributed by atoms with E-state index in [1.165, 1.54) is 4.90 Å². The summed E-state index contributed by atoms with van der Waals surface area (Å²) < 4.78 is 1.54. The van der Waals surface area contributed by atoms with Gasteiger partial charge in [0.2, 0.25) is 0 Å². The SMILES string of the molecule is CCN(C(=O)n1nnn(-c2c(Cl)cccc2Cl)c1=O)c1ccc(C)c(Cl)c1. The van der Waals surface area contributed by atoms with Crippen LogP contribution in [0, 0.1) is 6.92 Å². The van der Waals surface area contributed by atoms with Crippen LogP contribution in [0.1, 0.15) is 12.5 Å². The first-order valence-electron chi connectivity index (χ1n) is 7.92. The Bertz CT molecular complexity index is 1060. The van der Waals surface area contributed by atoms with Crippen molar-refractivity contribution >= 4 is 46.5 Å². The van der Waals surface area contributed by atoms with E-state index in [0.29, 0.717) is 21.9 Å². The van der Waals surface area contributed by atoms with Crippen LogP contribution in [0.5, 0.6) is 0 Å². The van der Waals surface area contributed by atoms with Crippen LogP contribution in [-0.2, 0) is 0 Å². The van der Waals surface area contributed by atoms with E-state index in [9.17, 15) is 9.59 Å². The van der Waals surface area contributed by atoms with Gasteiger partial charge in [0.25, 0.3) is 0 Å². The normalized spacial score (nSPS) is 10.9. The smallest absolute Gasteiger partial charge is 0.293 e. The molecule has 0 saturated carbocycles. The zero-order chi connectivity index (χ0) is 19.7. The number of para-hydroxylation sites is 1. The maximum atomic E-state index is 12.9. The first kappa shape index (κ1) is 19.4. The van der Waals surface area contributed by atoms with Crippen molar-refractivity contribution in [3.8, 4) is 5.69 Å². The second kappa shape index (κ2) is 7.72. The van der Waals surface area contributed by atoms with Gasteiger partial charge < -0.3 is 0 Å². The third kappa shape index (κ3) is 3.58. The largest absolute Gasteiger partial charge is 0.377 e. The predicted molar refractivity (Wildman–Crippen MR) is 106 cm³/mol. The Morgan fingerprint density at radius 1 is 1.07 bits per heavy atom. The fourth-order valence-corrected chi connectivity index (χ4v) is 3.22. The van der Waals surface area contributed by atoms with Gasteiger partial charge in [-0.05, 0) is 54.1 Å². The van der Waals surface area contributed by atoms with E-state index in [4.69, 9.17) is 34.8 Å². The van der Waals surface area contributed by atoms with Crippen LogP contribution in [-0.4, -0.2) is 32.4 Å². The molecular formula is C17H14Cl3N5O2. The minimum Gasteiger partial charge on any atom is -0.293 e. The quantitative estimate of drug-likeness (QED) is 0.589. The lowest BCUT2D eigenvalue weighted by atomic mass is 10.2. The van der Waals surface area contributed by atoms with Gasteiger partial charge in [0.15, 0.2) is 0 Å². The van der Waals surface area contributed by atoms with Gasteiger partial charge in [0.05, 0.1) is 10.0 Å². The lowest BCUT2D eigenvalue weighted by Crippen LogP contribution is -2.41. The van der Waals surface area contributed by atoms with Crippen LogP contribution < -0.4 is 10.6 Å². The third-order valence-corrected chi connectivity index (χ3v) is 4.94. The van der Waals surface area contributed by atoms with Crippen LogP contribution in [0.2, 0.25) is 15.1 Å². The van der Waals surface area contributed by atoms with Crippen molar-refractivity contribution < 1.29 is 4.79 Å². The highest BCUT2D eigenvalue weighted by atomic mass is 35.5. The number of aryl methyl sites for hydroxylation is 1. The highest BCUT2D eigenvalue weighted by Gasteiger charge is 2.23. The standard InChI is InChI=1S/C17H14Cl3N5O2/c1-3-23(11-8-7-10(2)14(20)9-11)16(26)25-17(27)24(21-22-25)15-12(18)5-4-6-13(15)19/h4-9H,3H2,1-2H3. The summed E-state index contributed by atoms with van der Waals surface area (Å²) in [5.41, 5.74) is 0.786. The van der Waals surface area contributed by atoms with E-state index in [-0.39, 0.29) is 15.7 Å². The zero-order valence-electron chi connectivity index (χ0n) is 14.4. The topological polar surface area (TPSA) is 73.0 Å². The lowest BCUT2D eigenvalue weighted by molar-refractivity contribution is 0.244. The van der Waals surface area contributed by atoms with Gasteiger partial charge in [0.1, 0.15) is 5.69 Å². The molecule has 0 aliphatic rings. The van der Waals surface area contributed by atoms with Crippen LogP contribution in [0.15, 0.2) is 41.2 Å². The van der Waals surface area contributed by atoms with E-state index in [0.717, 1.165) is 10.2 Å². The van der Waals surface area contributed by atoms with Crippen molar-refractivity contribution in [2.75, 3.05) is 11.4 Å². The van der Waals surface area contributed by atoms with E-state index in [2.05, 4.69) is 10.4 Å². The van der Waals surface area contributed by atoms with Crippen LogP contribution in [0.4, 0.5) is 10.5 Å². The highest BCUT2D eigenvalue weighted by Crippen LogP contribution is 2.26. The molecule has 140 valence electrons. The lowest BCUT2D eigenvalue weighted by Gasteiger charge is -2.20. The van der Waals surface area contributed by atoms with Gasteiger partial charge in [0, 0.05) is 17.3 Å². The van der Waals surface area contributed by atoms with E-state index >= 15 is 0 Å². The Labute approximate surface area is 169 Å². The minimum atomic E-state index is -0.786. The van der Waals surface area contributed by atoms with Gasteiger partial charge in [-0.2, -0.15) is 4.68 Å². The summed E-state index contributed by atoms with van der Waals surface area (Å²) in [6.45, 7) is 3.92. The Kier molecular flexibility index (Phi) is 5.55. The minimum absolute atomic E-state index is 0.159. The number of rotatable bonds is 3. The molecule has 27 heavy (non-hydrogen) atoms. The summed E-state index contributed by atoms with van der Waals surface area (Å²) in [6, 6.07) is 9.26. The molecular weight excluding hydrogens is 413 g/mol. The number of halogens is 3. The van der Waals surface area contributed by atoms with E-state index < -0.39 is 11.7 Å². The number of carbonyl (C=O) groups excluding carboxylic acids is 1. The first-order chi connectivity index (χ1) is 12.8. The summed E-state index contributed by atoms with van der Waals surface area (Å²) in [6.07, 6.45) is 0. The molecule has 0 bridgehead atoms. The number of benzene rings is 2. The van der Waals surface area contributed by atoms with E-state index in [1.54, 1.807) is 43.3 Å². The number of nitrogens with zero attached hydrogens (tertiary/aromatic N) is 5. The summed E-state index contributed by atoms with van der Waals surface area (Å²) in [5, 5.41) is 8.36. The van der Waals surface area contributed by atoms with Crippen molar-refractivity contribution in [3.63, 3.8) is 0 Å². The number of aromatic nitrogens is 4. The van der Waals surface area contributed by atoms with Gasteiger partial charge in [-0.15, -0.1) is 4.68 Å². The zero-order valence-corrected chi connectivity index (χ0v) is 16.6. The highest BCUT2D eigenvalue weighted by molar-refractivity contribution is 6.37. The molecule has 2 aromatic carbocycles. The maximum Gasteiger partial charge on any atom is 0.377 e. The molecule has 0 saturated heterocycles. The van der Waals surface area contributed by atoms with Crippen LogP contribution >= 0.6 is 34.8 Å². The molecule has 0 N–H and O–H groups in total. The average molecular weight is 427 g/mol. The second-order valence-corrected chi connectivity index (χ2v) is 6.84. The molecule has 0 aliphatic carbocycles. The summed E-state index contributed by atoms with van der Waals surface area (Å²) in [4.78, 5) is 26.9. The van der Waals surface area contributed by atoms with Gasteiger partial charge in [-0.25, -0.2) is 9.59 Å². The number of tetrazole rings is 1. The molecule has 1 heterocycles. The molecule has 0 unspecified atom stereocenters. The summed E-state index contributed by atoms with van der Waals surface area (Å²) >= 11 is 18.4. The Hall–Kier alpha value is -2.35. The van der Waals surface area contributed by atoms with Crippen molar-refractivity contribution in [2.24, 2.45) is 0 Å². The van der Waals surface area contributed by atoms with Crippen molar-refractivity contribution in [3.05, 3.63) is 67.5 Å². The number of anilines is 1. The predicted octanol–water partition coefficient (Wildman–Crippen LogP) is 4.19. The van der Waals surface area contributed by atoms with Crippen LogP contribution in [0.25, 0.3) is 5.69 Å². The molecule has 1 aromatic heterocycles. The molecule has 10 heteroatoms. The molecule has 0 aliphatic heterocycles. The summed E-state index contributed by atoms with van der Waals surface area (Å²) in [7, 11) is 0. The molecule has 3 aromatic rings. The Morgan fingerprint density at radius 3 is 2.33 bits per heavy atom. The van der Waals surface area contributed by atoms with E-state index in [1.807, 2.05) is 6.92 Å². The number of amides is 1.